The number of hydrogen-bond acceptors (Lipinski definition) is 3. The van der Waals surface area contributed by atoms with E-state index in [0.717, 1.165) is 31.6 Å². The maximum Gasteiger partial charge on any atom is 0.242 e. The molecule has 0 N–H and O–H groups in total. The van der Waals surface area contributed by atoms with Gasteiger partial charge in [-0.15, -0.1) is 0 Å². The summed E-state index contributed by atoms with van der Waals surface area (Å²) in [6.07, 6.45) is 2.67. The predicted molar refractivity (Wildman–Crippen MR) is 113 cm³/mol. The minimum Gasteiger partial charge on any atom is -0.369 e. The first-order valence-corrected chi connectivity index (χ1v) is 9.80. The highest BCUT2D eigenvalue weighted by atomic mass is 16.2. The number of amides is 1. The lowest BCUT2D eigenvalue weighted by atomic mass is 10.2. The maximum absolute atomic E-state index is 13.0. The minimum absolute atomic E-state index is 0.0112. The second kappa shape index (κ2) is 7.89. The Kier molecular flexibility index (Phi) is 5.15. The van der Waals surface area contributed by atoms with E-state index in [4.69, 9.17) is 0 Å². The number of carbonyl (C=O) groups is 1. The maximum atomic E-state index is 13.0. The van der Waals surface area contributed by atoms with Gasteiger partial charge in [0.05, 0.1) is 5.52 Å². The number of nitrogens with zero attached hydrogens (tertiary/aromatic N) is 3. The molecule has 5 heteroatoms. The topological polar surface area (TPSA) is 45.5 Å². The summed E-state index contributed by atoms with van der Waals surface area (Å²) in [7, 11) is 0. The third-order valence-electron chi connectivity index (χ3n) is 5.50. The number of rotatable bonds is 3. The number of benzene rings is 2. The Morgan fingerprint density at radius 3 is 2.57 bits per heavy atom. The minimum atomic E-state index is -0.0112. The highest BCUT2D eigenvalue weighted by molar-refractivity contribution is 5.82. The van der Waals surface area contributed by atoms with E-state index in [1.807, 2.05) is 33.7 Å². The summed E-state index contributed by atoms with van der Waals surface area (Å²) in [5.74, 6) is 0.0976. The van der Waals surface area contributed by atoms with Gasteiger partial charge in [-0.3, -0.25) is 9.59 Å². The molecule has 2 heterocycles. The van der Waals surface area contributed by atoms with Crippen LogP contribution in [-0.4, -0.2) is 41.6 Å². The van der Waals surface area contributed by atoms with Gasteiger partial charge in [0.25, 0.3) is 0 Å². The summed E-state index contributed by atoms with van der Waals surface area (Å²) in [4.78, 5) is 29.3. The number of aryl methyl sites for hydroxylation is 1. The fraction of sp³-hybridized carbons (Fsp3) is 0.304. The van der Waals surface area contributed by atoms with Crippen LogP contribution in [0.4, 0.5) is 5.69 Å². The molecule has 0 radical (unpaired) electrons. The van der Waals surface area contributed by atoms with E-state index in [-0.39, 0.29) is 17.9 Å². The molecule has 5 nitrogen and oxygen atoms in total. The zero-order valence-electron chi connectivity index (χ0n) is 16.2. The molecule has 28 heavy (non-hydrogen) atoms. The van der Waals surface area contributed by atoms with E-state index in [1.54, 1.807) is 6.20 Å². The molecule has 0 aliphatic carbocycles. The molecule has 0 unspecified atom stereocenters. The zero-order chi connectivity index (χ0) is 19.5. The van der Waals surface area contributed by atoms with Crippen LogP contribution in [0.5, 0.6) is 0 Å². The highest BCUT2D eigenvalue weighted by Gasteiger charge is 2.20. The van der Waals surface area contributed by atoms with Gasteiger partial charge < -0.3 is 14.4 Å². The van der Waals surface area contributed by atoms with Crippen molar-refractivity contribution in [1.29, 1.82) is 0 Å². The van der Waals surface area contributed by atoms with Gasteiger partial charge in [0.1, 0.15) is 6.54 Å². The number of para-hydroxylation sites is 2. The summed E-state index contributed by atoms with van der Waals surface area (Å²) in [5, 5.41) is 0.652. The molecule has 1 saturated heterocycles. The number of carbonyl (C=O) groups excluding carboxylic acids is 1. The number of anilines is 1. The monoisotopic (exact) mass is 375 g/mol. The van der Waals surface area contributed by atoms with Crippen LogP contribution in [0.25, 0.3) is 10.9 Å². The van der Waals surface area contributed by atoms with Gasteiger partial charge >= 0.3 is 0 Å². The van der Waals surface area contributed by atoms with Gasteiger partial charge in [0.2, 0.25) is 5.91 Å². The van der Waals surface area contributed by atoms with Crippen molar-refractivity contribution in [1.82, 2.24) is 9.47 Å². The Morgan fingerprint density at radius 1 is 0.929 bits per heavy atom. The van der Waals surface area contributed by atoms with E-state index < -0.39 is 0 Å². The molecule has 1 fully saturated rings. The average molecular weight is 375 g/mol. The lowest BCUT2D eigenvalue weighted by molar-refractivity contribution is -0.131. The molecular formula is C23H25N3O2. The molecule has 1 aliphatic rings. The molecule has 1 amide bonds. The van der Waals surface area contributed by atoms with Crippen LogP contribution in [0.1, 0.15) is 12.0 Å². The third-order valence-corrected chi connectivity index (χ3v) is 5.50. The van der Waals surface area contributed by atoms with Crippen molar-refractivity contribution in [2.75, 3.05) is 31.1 Å². The number of pyridine rings is 1. The Bertz CT molecular complexity index is 1060. The van der Waals surface area contributed by atoms with Crippen LogP contribution >= 0.6 is 0 Å². The van der Waals surface area contributed by atoms with Gasteiger partial charge in [0.15, 0.2) is 5.43 Å². The van der Waals surface area contributed by atoms with Crippen molar-refractivity contribution < 1.29 is 4.79 Å². The fourth-order valence-corrected chi connectivity index (χ4v) is 3.97. The molecule has 144 valence electrons. The van der Waals surface area contributed by atoms with E-state index >= 15 is 0 Å². The Hall–Kier alpha value is -3.08. The number of aromatic nitrogens is 1. The Morgan fingerprint density at radius 2 is 1.71 bits per heavy atom. The largest absolute Gasteiger partial charge is 0.369 e. The molecule has 4 rings (SSSR count). The highest BCUT2D eigenvalue weighted by Crippen LogP contribution is 2.21. The van der Waals surface area contributed by atoms with E-state index in [2.05, 4.69) is 36.1 Å². The van der Waals surface area contributed by atoms with Crippen molar-refractivity contribution in [3.63, 3.8) is 0 Å². The first-order chi connectivity index (χ1) is 13.6. The molecule has 0 atom stereocenters. The van der Waals surface area contributed by atoms with Crippen LogP contribution in [0.15, 0.2) is 65.6 Å². The second-order valence-corrected chi connectivity index (χ2v) is 7.33. The third kappa shape index (κ3) is 3.65. The average Bonchev–Trinajstić information content (AvgIpc) is 2.97. The first-order valence-electron chi connectivity index (χ1n) is 9.80. The molecule has 0 saturated carbocycles. The van der Waals surface area contributed by atoms with Gasteiger partial charge in [-0.05, 0) is 37.1 Å². The van der Waals surface area contributed by atoms with Crippen molar-refractivity contribution in [2.24, 2.45) is 0 Å². The molecule has 0 spiro atoms. The lowest BCUT2D eigenvalue weighted by Gasteiger charge is -2.25. The van der Waals surface area contributed by atoms with Gasteiger partial charge in [-0.1, -0.05) is 30.3 Å². The van der Waals surface area contributed by atoms with Crippen LogP contribution in [0.2, 0.25) is 0 Å². The van der Waals surface area contributed by atoms with Gasteiger partial charge in [-0.2, -0.15) is 0 Å². The molecule has 3 aromatic rings. The smallest absolute Gasteiger partial charge is 0.242 e. The molecule has 0 bridgehead atoms. The molecule has 1 aliphatic heterocycles. The second-order valence-electron chi connectivity index (χ2n) is 7.33. The van der Waals surface area contributed by atoms with E-state index in [9.17, 15) is 9.59 Å². The lowest BCUT2D eigenvalue weighted by Crippen LogP contribution is -2.37. The van der Waals surface area contributed by atoms with Crippen molar-refractivity contribution in [2.45, 2.75) is 19.9 Å². The van der Waals surface area contributed by atoms with Crippen LogP contribution in [-0.2, 0) is 11.3 Å². The number of fused-ring (bicyclic) bond motifs is 1. The predicted octanol–water partition coefficient (Wildman–Crippen LogP) is 3.05. The molecule has 1 aromatic heterocycles. The molecular weight excluding hydrogens is 350 g/mol. The van der Waals surface area contributed by atoms with Crippen molar-refractivity contribution >= 4 is 22.5 Å². The summed E-state index contributed by atoms with van der Waals surface area (Å²) in [6, 6.07) is 17.4. The summed E-state index contributed by atoms with van der Waals surface area (Å²) in [5.41, 5.74) is 3.31. The standard InChI is InChI=1S/C23H25N3O2/c1-18-7-2-4-9-20(18)24-12-6-13-25(16-15-24)23(28)17-26-14-11-22(27)19-8-3-5-10-21(19)26/h2-5,7-11,14H,6,12-13,15-17H2,1H3. The van der Waals surface area contributed by atoms with Crippen LogP contribution in [0, 0.1) is 6.92 Å². The normalized spacial score (nSPS) is 14.9. The van der Waals surface area contributed by atoms with Gasteiger partial charge in [0, 0.05) is 49.5 Å². The SMILES string of the molecule is Cc1ccccc1N1CCCN(C(=O)Cn2ccc(=O)c3ccccc32)CC1. The van der Waals surface area contributed by atoms with Crippen LogP contribution in [0.3, 0.4) is 0 Å². The quantitative estimate of drug-likeness (QED) is 0.707. The van der Waals surface area contributed by atoms with Gasteiger partial charge in [-0.25, -0.2) is 0 Å². The van der Waals surface area contributed by atoms with E-state index in [1.165, 1.54) is 17.3 Å². The number of hydrogen-bond donors (Lipinski definition) is 0. The summed E-state index contributed by atoms with van der Waals surface area (Å²) >= 11 is 0. The first kappa shape index (κ1) is 18.3. The molecule has 2 aromatic carbocycles. The Balaban J connectivity index is 1.49. The van der Waals surface area contributed by atoms with Crippen molar-refractivity contribution in [3.8, 4) is 0 Å². The van der Waals surface area contributed by atoms with E-state index in [0.29, 0.717) is 11.9 Å². The van der Waals surface area contributed by atoms with Crippen molar-refractivity contribution in [3.05, 3.63) is 76.6 Å². The summed E-state index contributed by atoms with van der Waals surface area (Å²) in [6.45, 7) is 5.65. The Labute approximate surface area is 164 Å². The zero-order valence-corrected chi connectivity index (χ0v) is 16.2. The summed E-state index contributed by atoms with van der Waals surface area (Å²) < 4.78 is 1.88. The fourth-order valence-electron chi connectivity index (χ4n) is 3.97. The van der Waals surface area contributed by atoms with Crippen LogP contribution < -0.4 is 10.3 Å².